The van der Waals surface area contributed by atoms with E-state index in [0.717, 1.165) is 44.3 Å². The fourth-order valence-corrected chi connectivity index (χ4v) is 6.39. The number of nitrogens with zero attached hydrogens (tertiary/aromatic N) is 2. The van der Waals surface area contributed by atoms with E-state index in [1.165, 1.54) is 43.5 Å². The minimum atomic E-state index is 0.923. The van der Waals surface area contributed by atoms with Crippen molar-refractivity contribution in [3.05, 3.63) is 151 Å². The molecule has 0 spiro atoms. The highest BCUT2D eigenvalue weighted by Crippen LogP contribution is 2.36. The van der Waals surface area contributed by atoms with Crippen molar-refractivity contribution in [2.45, 2.75) is 6.92 Å². The van der Waals surface area contributed by atoms with Crippen LogP contribution in [0.5, 0.6) is 0 Å². The van der Waals surface area contributed by atoms with E-state index in [9.17, 15) is 0 Å². The molecule has 202 valence electrons. The Morgan fingerprint density at radius 1 is 0.512 bits per heavy atom. The van der Waals surface area contributed by atoms with Crippen molar-refractivity contribution >= 4 is 49.4 Å². The van der Waals surface area contributed by atoms with Gasteiger partial charge in [-0.3, -0.25) is 0 Å². The van der Waals surface area contributed by atoms with Crippen LogP contribution in [-0.2, 0) is 0 Å². The number of pyridine rings is 2. The zero-order valence-electron chi connectivity index (χ0n) is 23.9. The Bertz CT molecular complexity index is 2400. The molecule has 0 saturated heterocycles. The van der Waals surface area contributed by atoms with Crippen LogP contribution in [0, 0.1) is 6.92 Å². The summed E-state index contributed by atoms with van der Waals surface area (Å²) in [5.74, 6) is 0. The second kappa shape index (κ2) is 10.0. The van der Waals surface area contributed by atoms with E-state index in [-0.39, 0.29) is 0 Å². The third kappa shape index (κ3) is 4.19. The smallest absolute Gasteiger partial charge is 0.0972 e. The summed E-state index contributed by atoms with van der Waals surface area (Å²) < 4.78 is 0. The molecule has 8 aromatic rings. The van der Waals surface area contributed by atoms with Crippen LogP contribution in [0.25, 0.3) is 83.1 Å². The lowest BCUT2D eigenvalue weighted by Gasteiger charge is -2.14. The molecule has 0 radical (unpaired) electrons. The maximum absolute atomic E-state index is 5.15. The van der Waals surface area contributed by atoms with Gasteiger partial charge >= 0.3 is 0 Å². The molecule has 0 amide bonds. The zero-order valence-corrected chi connectivity index (χ0v) is 23.9. The van der Waals surface area contributed by atoms with E-state index >= 15 is 0 Å². The van der Waals surface area contributed by atoms with E-state index in [2.05, 4.69) is 129 Å². The van der Waals surface area contributed by atoms with E-state index in [4.69, 9.17) is 9.97 Å². The molecule has 0 atom stereocenters. The highest BCUT2D eigenvalue weighted by atomic mass is 14.8. The van der Waals surface area contributed by atoms with Crippen molar-refractivity contribution < 1.29 is 0 Å². The number of hydrogen-bond acceptors (Lipinski definition) is 2. The number of hydrogen-bond donors (Lipinski definition) is 0. The predicted octanol–water partition coefficient (Wildman–Crippen LogP) is 10.1. The lowest BCUT2D eigenvalue weighted by molar-refractivity contribution is 1.36. The molecule has 2 heteroatoms. The monoisotopic (exact) mass is 548 g/mol. The number of aromatic nitrogens is 2. The summed E-state index contributed by atoms with van der Waals surface area (Å²) in [7, 11) is 0. The van der Waals surface area contributed by atoms with Gasteiger partial charge in [0.2, 0.25) is 0 Å². The molecule has 6 aromatic carbocycles. The highest BCUT2D eigenvalue weighted by molar-refractivity contribution is 6.16. The summed E-state index contributed by atoms with van der Waals surface area (Å²) in [5, 5.41) is 8.51. The molecule has 0 unspecified atom stereocenters. The molecule has 2 aromatic heterocycles. The number of rotatable bonds is 4. The lowest BCUT2D eigenvalue weighted by Crippen LogP contribution is -2.03. The second-order valence-corrected chi connectivity index (χ2v) is 11.1. The summed E-state index contributed by atoms with van der Waals surface area (Å²) in [6.45, 7) is 6.12. The first-order chi connectivity index (χ1) is 21.2. The van der Waals surface area contributed by atoms with Gasteiger partial charge in [0.15, 0.2) is 0 Å². The van der Waals surface area contributed by atoms with Crippen LogP contribution >= 0.6 is 0 Å². The standard InChI is InChI=1S/C41H28N2/c1-3-7-30-15-16-31-19-23-34(35-22-10-26(2)38(30)39(31)35)27-11-13-29(14-12-27)37-25-21-33-18-17-32-20-24-36(28-8-5-4-6-9-28)42-40(32)41(33)43-37/h3-25H,1H2,2H3/b30-7-. The molecule has 2 heterocycles. The Hall–Kier alpha value is -5.60. The Morgan fingerprint density at radius 3 is 1.77 bits per heavy atom. The van der Waals surface area contributed by atoms with Gasteiger partial charge in [-0.15, -0.1) is 0 Å². The van der Waals surface area contributed by atoms with Crippen molar-refractivity contribution in [3.63, 3.8) is 0 Å². The van der Waals surface area contributed by atoms with Gasteiger partial charge in [0, 0.05) is 21.9 Å². The largest absolute Gasteiger partial charge is 0.245 e. The third-order valence-corrected chi connectivity index (χ3v) is 8.53. The molecular weight excluding hydrogens is 520 g/mol. The van der Waals surface area contributed by atoms with E-state index in [1.54, 1.807) is 0 Å². The fraction of sp³-hybridized carbons (Fsp3) is 0.0244. The van der Waals surface area contributed by atoms with Crippen molar-refractivity contribution in [3.8, 4) is 33.6 Å². The maximum Gasteiger partial charge on any atom is 0.0972 e. The molecule has 43 heavy (non-hydrogen) atoms. The molecule has 0 bridgehead atoms. The van der Waals surface area contributed by atoms with Gasteiger partial charge in [0.1, 0.15) is 0 Å². The summed E-state index contributed by atoms with van der Waals surface area (Å²) >= 11 is 0. The minimum absolute atomic E-state index is 0.923. The Morgan fingerprint density at radius 2 is 1.09 bits per heavy atom. The first-order valence-corrected chi connectivity index (χ1v) is 14.6. The summed E-state index contributed by atoms with van der Waals surface area (Å²) in [5.41, 5.74) is 9.63. The molecule has 0 fully saturated rings. The average molecular weight is 549 g/mol. The second-order valence-electron chi connectivity index (χ2n) is 11.1. The van der Waals surface area contributed by atoms with Gasteiger partial charge in [-0.25, -0.2) is 9.97 Å². The van der Waals surface area contributed by atoms with Crippen LogP contribution in [0.15, 0.2) is 140 Å². The lowest BCUT2D eigenvalue weighted by atomic mass is 9.90. The molecule has 0 aliphatic rings. The predicted molar refractivity (Wildman–Crippen MR) is 183 cm³/mol. The number of allylic oxidation sites excluding steroid dienone is 1. The van der Waals surface area contributed by atoms with Crippen LogP contribution in [0.1, 0.15) is 5.56 Å². The molecule has 8 rings (SSSR count). The minimum Gasteiger partial charge on any atom is -0.245 e. The number of benzene rings is 6. The highest BCUT2D eigenvalue weighted by Gasteiger charge is 2.12. The average Bonchev–Trinajstić information content (AvgIpc) is 3.07. The maximum atomic E-state index is 5.15. The summed E-state index contributed by atoms with van der Waals surface area (Å²) in [6.07, 6.45) is 3.97. The van der Waals surface area contributed by atoms with Crippen molar-refractivity contribution in [1.29, 1.82) is 0 Å². The molecule has 0 aliphatic heterocycles. The SMILES string of the molecule is C=C/C=c1/ccc2ccc(-c3ccc(-c4ccc5ccc6ccc(-c7ccccc7)nc6c5n4)cc3)c3ccc(C)c1c23. The van der Waals surface area contributed by atoms with Crippen LogP contribution in [0.4, 0.5) is 0 Å². The molecule has 2 nitrogen and oxygen atoms in total. The number of aryl methyl sites for hydroxylation is 1. The first-order valence-electron chi connectivity index (χ1n) is 14.6. The van der Waals surface area contributed by atoms with Crippen LogP contribution < -0.4 is 5.22 Å². The van der Waals surface area contributed by atoms with Crippen molar-refractivity contribution in [2.75, 3.05) is 0 Å². The quantitative estimate of drug-likeness (QED) is 0.205. The normalized spacial score (nSPS) is 12.1. The van der Waals surface area contributed by atoms with Gasteiger partial charge in [0.25, 0.3) is 0 Å². The van der Waals surface area contributed by atoms with Gasteiger partial charge in [-0.2, -0.15) is 0 Å². The van der Waals surface area contributed by atoms with Gasteiger partial charge in [-0.1, -0.05) is 134 Å². The third-order valence-electron chi connectivity index (χ3n) is 8.53. The Balaban J connectivity index is 1.23. The van der Waals surface area contributed by atoms with Gasteiger partial charge < -0.3 is 0 Å². The summed E-state index contributed by atoms with van der Waals surface area (Å²) in [6, 6.07) is 45.2. The van der Waals surface area contributed by atoms with E-state index in [1.807, 2.05) is 24.3 Å². The molecule has 0 N–H and O–H groups in total. The first kappa shape index (κ1) is 25.1. The zero-order chi connectivity index (χ0) is 28.9. The van der Waals surface area contributed by atoms with E-state index < -0.39 is 0 Å². The van der Waals surface area contributed by atoms with Crippen LogP contribution in [-0.4, -0.2) is 9.97 Å². The van der Waals surface area contributed by atoms with E-state index in [0.29, 0.717) is 0 Å². The Kier molecular flexibility index (Phi) is 5.87. The Labute approximate surface area is 250 Å². The van der Waals surface area contributed by atoms with Crippen molar-refractivity contribution in [1.82, 2.24) is 9.97 Å². The van der Waals surface area contributed by atoms with Gasteiger partial charge in [0.05, 0.1) is 22.4 Å². The number of fused-ring (bicyclic) bond motifs is 3. The topological polar surface area (TPSA) is 25.8 Å². The molecule has 0 saturated carbocycles. The molecule has 0 aliphatic carbocycles. The van der Waals surface area contributed by atoms with Gasteiger partial charge in [-0.05, 0) is 62.5 Å². The molecular formula is C41H28N2. The fourth-order valence-electron chi connectivity index (χ4n) is 6.39. The van der Waals surface area contributed by atoms with Crippen molar-refractivity contribution in [2.24, 2.45) is 0 Å². The van der Waals surface area contributed by atoms with Crippen LogP contribution in [0.3, 0.4) is 0 Å². The summed E-state index contributed by atoms with van der Waals surface area (Å²) in [4.78, 5) is 10.2. The van der Waals surface area contributed by atoms with Crippen LogP contribution in [0.2, 0.25) is 0 Å².